The van der Waals surface area contributed by atoms with E-state index in [9.17, 15) is 0 Å². The van der Waals surface area contributed by atoms with Crippen LogP contribution in [-0.4, -0.2) is 11.6 Å². The molecule has 0 bridgehead atoms. The quantitative estimate of drug-likeness (QED) is 0.127. The third-order valence-electron chi connectivity index (χ3n) is 9.87. The normalized spacial score (nSPS) is 12.8. The molecule has 0 fully saturated rings. The standard InChI is InChI=1S/C45H40N4O.Pt/c1-29-13-11-14-30(2)44(29)32-19-22-39-38(25-32)37-21-20-36(28-42(37)49(39)43-26-33(45(4,5)6)23-24-46(43)7)50-35-16-12-15-34(27-35)48-31(3)47(8)40-17-9-10-18-41(40)48;/h9-26H,3,7H2,1-2,4-6,8H3;/q-2;+2. The second-order valence-electron chi connectivity index (χ2n) is 14.2. The van der Waals surface area contributed by atoms with Gasteiger partial charge in [-0.15, -0.1) is 24.3 Å². The largest absolute Gasteiger partial charge is 2.00 e. The number of hydrogen-bond donors (Lipinski definition) is 0. The van der Waals surface area contributed by atoms with Crippen LogP contribution in [0, 0.1) is 33.0 Å². The Hall–Kier alpha value is -5.25. The van der Waals surface area contributed by atoms with Gasteiger partial charge in [0.15, 0.2) is 5.82 Å². The van der Waals surface area contributed by atoms with E-state index in [1.165, 1.54) is 27.8 Å². The number of nitrogens with zero attached hydrogens (tertiary/aromatic N) is 4. The molecule has 1 aliphatic rings. The zero-order valence-corrected chi connectivity index (χ0v) is 32.1. The molecule has 2 aromatic heterocycles. The summed E-state index contributed by atoms with van der Waals surface area (Å²) in [6.07, 6.45) is 2.04. The van der Waals surface area contributed by atoms with Crippen molar-refractivity contribution in [2.75, 3.05) is 16.8 Å². The molecule has 0 unspecified atom stereocenters. The van der Waals surface area contributed by atoms with E-state index in [1.807, 2.05) is 54.2 Å². The van der Waals surface area contributed by atoms with Gasteiger partial charge in [0.2, 0.25) is 0 Å². The molecule has 0 N–H and O–H groups in total. The van der Waals surface area contributed by atoms with Gasteiger partial charge in [0.1, 0.15) is 11.3 Å². The summed E-state index contributed by atoms with van der Waals surface area (Å²) in [5.74, 6) is 3.01. The molecule has 0 aliphatic carbocycles. The first-order valence-corrected chi connectivity index (χ1v) is 17.0. The van der Waals surface area contributed by atoms with Crippen molar-refractivity contribution in [1.82, 2.24) is 4.57 Å². The van der Waals surface area contributed by atoms with Crippen molar-refractivity contribution in [3.8, 4) is 28.4 Å². The van der Waals surface area contributed by atoms with Crippen molar-refractivity contribution in [3.63, 3.8) is 0 Å². The van der Waals surface area contributed by atoms with Crippen molar-refractivity contribution >= 4 is 38.9 Å². The van der Waals surface area contributed by atoms with Crippen LogP contribution in [0.3, 0.4) is 0 Å². The van der Waals surface area contributed by atoms with E-state index in [4.69, 9.17) is 4.74 Å². The predicted molar refractivity (Wildman–Crippen MR) is 206 cm³/mol. The first kappa shape index (κ1) is 34.2. The fraction of sp³-hybridized carbons (Fsp3) is 0.156. The van der Waals surface area contributed by atoms with Crippen LogP contribution >= 0.6 is 0 Å². The number of para-hydroxylation sites is 2. The number of aryl methyl sites for hydroxylation is 2. The fourth-order valence-corrected chi connectivity index (χ4v) is 7.20. The molecule has 6 heteroatoms. The zero-order chi connectivity index (χ0) is 34.9. The molecule has 1 aliphatic heterocycles. The summed E-state index contributed by atoms with van der Waals surface area (Å²) in [7, 11) is 6.43. The van der Waals surface area contributed by atoms with E-state index >= 15 is 0 Å². The van der Waals surface area contributed by atoms with Crippen molar-refractivity contribution in [1.29, 1.82) is 0 Å². The summed E-state index contributed by atoms with van der Waals surface area (Å²) in [5, 5.41) is 2.24. The SMILES string of the molecule is C=C1N(C)c2ccccc2N1c1[c-]c(Oc2[c-]c3c(cc2)c2cc(-c4c(C)cccc4C)ccc2n3-c2cc(C(C)(C)C)cc[n+]2[CH2-])ccc1.[Pt+2]. The van der Waals surface area contributed by atoms with Crippen LogP contribution in [0.2, 0.25) is 0 Å². The molecule has 51 heavy (non-hydrogen) atoms. The molecule has 0 atom stereocenters. The zero-order valence-electron chi connectivity index (χ0n) is 29.8. The average Bonchev–Trinajstić information content (AvgIpc) is 3.54. The Bertz CT molecular complexity index is 2470. The minimum absolute atomic E-state index is 0. The van der Waals surface area contributed by atoms with Crippen molar-refractivity contribution in [3.05, 3.63) is 158 Å². The number of benzene rings is 5. The predicted octanol–water partition coefficient (Wildman–Crippen LogP) is 10.7. The summed E-state index contributed by atoms with van der Waals surface area (Å²) in [5.41, 5.74) is 11.2. The Morgan fingerprint density at radius 3 is 2.22 bits per heavy atom. The Morgan fingerprint density at radius 1 is 0.765 bits per heavy atom. The molecule has 5 aromatic carbocycles. The van der Waals surface area contributed by atoms with Crippen LogP contribution in [0.15, 0.2) is 122 Å². The maximum Gasteiger partial charge on any atom is 2.00 e. The minimum Gasteiger partial charge on any atom is -0.509 e. The van der Waals surface area contributed by atoms with E-state index in [-0.39, 0.29) is 26.5 Å². The summed E-state index contributed by atoms with van der Waals surface area (Å²) >= 11 is 0. The third kappa shape index (κ3) is 5.80. The van der Waals surface area contributed by atoms with Gasteiger partial charge >= 0.3 is 21.1 Å². The summed E-state index contributed by atoms with van der Waals surface area (Å²) < 4.78 is 10.7. The monoisotopic (exact) mass is 847 g/mol. The number of pyridine rings is 1. The third-order valence-corrected chi connectivity index (χ3v) is 9.87. The Kier molecular flexibility index (Phi) is 8.60. The van der Waals surface area contributed by atoms with E-state index in [0.717, 1.165) is 50.5 Å². The molecular formula is C45H40N4OPt. The number of aromatic nitrogens is 2. The number of fused-ring (bicyclic) bond motifs is 4. The molecule has 3 heterocycles. The molecule has 0 saturated carbocycles. The Balaban J connectivity index is 0.00000406. The average molecular weight is 848 g/mol. The smallest absolute Gasteiger partial charge is 0.509 e. The number of hydrogen-bond acceptors (Lipinski definition) is 3. The minimum atomic E-state index is -0.0356. The van der Waals surface area contributed by atoms with Crippen LogP contribution in [0.25, 0.3) is 38.8 Å². The molecule has 5 nitrogen and oxygen atoms in total. The van der Waals surface area contributed by atoms with Crippen molar-refractivity contribution in [2.24, 2.45) is 0 Å². The second kappa shape index (κ2) is 12.8. The van der Waals surface area contributed by atoms with Crippen molar-refractivity contribution in [2.45, 2.75) is 40.0 Å². The molecule has 0 radical (unpaired) electrons. The van der Waals surface area contributed by atoms with Gasteiger partial charge in [0.05, 0.1) is 11.4 Å². The fourth-order valence-electron chi connectivity index (χ4n) is 7.20. The molecule has 0 spiro atoms. The molecule has 7 aromatic rings. The van der Waals surface area contributed by atoms with Crippen LogP contribution in [0.5, 0.6) is 11.5 Å². The summed E-state index contributed by atoms with van der Waals surface area (Å²) in [4.78, 5) is 4.20. The molecular weight excluding hydrogens is 808 g/mol. The Morgan fingerprint density at radius 2 is 1.47 bits per heavy atom. The van der Waals surface area contributed by atoms with E-state index in [0.29, 0.717) is 11.5 Å². The maximum absolute atomic E-state index is 6.54. The van der Waals surface area contributed by atoms with Gasteiger partial charge in [-0.1, -0.05) is 98.6 Å². The molecule has 0 saturated heterocycles. The topological polar surface area (TPSA) is 24.5 Å². The van der Waals surface area contributed by atoms with E-state index in [2.05, 4.69) is 141 Å². The van der Waals surface area contributed by atoms with Crippen LogP contribution in [-0.2, 0) is 26.5 Å². The van der Waals surface area contributed by atoms with Crippen LogP contribution in [0.4, 0.5) is 17.1 Å². The van der Waals surface area contributed by atoms with Crippen LogP contribution < -0.4 is 19.1 Å². The Labute approximate surface area is 315 Å². The molecule has 256 valence electrons. The van der Waals surface area contributed by atoms with Crippen molar-refractivity contribution < 1.29 is 30.4 Å². The first-order valence-electron chi connectivity index (χ1n) is 17.0. The van der Waals surface area contributed by atoms with E-state index in [1.54, 1.807) is 0 Å². The molecule has 8 rings (SSSR count). The summed E-state index contributed by atoms with van der Waals surface area (Å²) in [6.45, 7) is 15.4. The van der Waals surface area contributed by atoms with Gasteiger partial charge in [-0.25, -0.2) is 0 Å². The second-order valence-corrected chi connectivity index (χ2v) is 14.2. The van der Waals surface area contributed by atoms with Crippen LogP contribution in [0.1, 0.15) is 37.5 Å². The number of ether oxygens (including phenoxy) is 1. The molecule has 0 amide bonds. The van der Waals surface area contributed by atoms with E-state index < -0.39 is 0 Å². The van der Waals surface area contributed by atoms with Gasteiger partial charge in [-0.3, -0.25) is 4.57 Å². The van der Waals surface area contributed by atoms with Gasteiger partial charge in [-0.2, -0.15) is 12.1 Å². The first-order chi connectivity index (χ1) is 24.0. The van der Waals surface area contributed by atoms with Gasteiger partial charge < -0.3 is 19.1 Å². The summed E-state index contributed by atoms with van der Waals surface area (Å²) in [6, 6.07) is 43.2. The number of rotatable bonds is 5. The van der Waals surface area contributed by atoms with Gasteiger partial charge in [-0.05, 0) is 84.4 Å². The van der Waals surface area contributed by atoms with Gasteiger partial charge in [0.25, 0.3) is 0 Å². The number of anilines is 3. The maximum atomic E-state index is 6.54. The van der Waals surface area contributed by atoms with Gasteiger partial charge in [0, 0.05) is 24.1 Å².